The summed E-state index contributed by atoms with van der Waals surface area (Å²) in [4.78, 5) is 10.6. The lowest BCUT2D eigenvalue weighted by Gasteiger charge is -2.32. The first-order chi connectivity index (χ1) is 7.79. The molecule has 2 heterocycles. The van der Waals surface area contributed by atoms with Crippen LogP contribution in [0.15, 0.2) is 12.4 Å². The molecule has 0 radical (unpaired) electrons. The Bertz CT molecular complexity index is 325. The topological polar surface area (TPSA) is 64.3 Å². The Balaban J connectivity index is 2.01. The number of nitrogens with zero attached hydrogens (tertiary/aromatic N) is 3. The summed E-state index contributed by atoms with van der Waals surface area (Å²) in [5.74, 6) is 1.97. The molecular formula is C11H18N4O. The second kappa shape index (κ2) is 5.12. The van der Waals surface area contributed by atoms with E-state index in [9.17, 15) is 0 Å². The van der Waals surface area contributed by atoms with E-state index in [0.29, 0.717) is 11.7 Å². The van der Waals surface area contributed by atoms with Crippen molar-refractivity contribution in [3.63, 3.8) is 0 Å². The molecule has 0 amide bonds. The number of ether oxygens (including phenoxy) is 1. The van der Waals surface area contributed by atoms with E-state index in [1.807, 2.05) is 0 Å². The van der Waals surface area contributed by atoms with Crippen LogP contribution in [-0.4, -0.2) is 36.8 Å². The number of nitrogen functional groups attached to an aromatic ring is 1. The highest BCUT2D eigenvalue weighted by molar-refractivity contribution is 5.39. The molecular weight excluding hydrogens is 204 g/mol. The van der Waals surface area contributed by atoms with Gasteiger partial charge >= 0.3 is 0 Å². The van der Waals surface area contributed by atoms with E-state index in [1.54, 1.807) is 19.5 Å². The van der Waals surface area contributed by atoms with Gasteiger partial charge in [0.1, 0.15) is 11.6 Å². The van der Waals surface area contributed by atoms with E-state index in [0.717, 1.165) is 25.5 Å². The van der Waals surface area contributed by atoms with Crippen molar-refractivity contribution in [1.82, 2.24) is 9.97 Å². The lowest BCUT2D eigenvalue weighted by Crippen LogP contribution is -2.37. The maximum absolute atomic E-state index is 5.52. The van der Waals surface area contributed by atoms with E-state index in [1.165, 1.54) is 12.8 Å². The van der Waals surface area contributed by atoms with Gasteiger partial charge in [0.2, 0.25) is 0 Å². The van der Waals surface area contributed by atoms with Crippen LogP contribution in [0.2, 0.25) is 0 Å². The Hall–Kier alpha value is -1.36. The Kier molecular flexibility index (Phi) is 3.56. The van der Waals surface area contributed by atoms with Gasteiger partial charge in [-0.15, -0.1) is 0 Å². The third-order valence-corrected chi connectivity index (χ3v) is 2.90. The summed E-state index contributed by atoms with van der Waals surface area (Å²) in [7, 11) is 1.75. The highest BCUT2D eigenvalue weighted by Gasteiger charge is 2.20. The van der Waals surface area contributed by atoms with Crippen LogP contribution < -0.4 is 10.6 Å². The number of hydrogen-bond donors (Lipinski definition) is 1. The van der Waals surface area contributed by atoms with Crippen molar-refractivity contribution < 1.29 is 4.74 Å². The zero-order chi connectivity index (χ0) is 11.4. The van der Waals surface area contributed by atoms with Crippen molar-refractivity contribution in [3.8, 4) is 0 Å². The van der Waals surface area contributed by atoms with Crippen molar-refractivity contribution in [3.05, 3.63) is 12.4 Å². The van der Waals surface area contributed by atoms with Gasteiger partial charge in [-0.05, 0) is 18.8 Å². The molecule has 1 aliphatic heterocycles. The van der Waals surface area contributed by atoms with Crippen molar-refractivity contribution in [1.29, 1.82) is 0 Å². The molecule has 1 unspecified atom stereocenters. The summed E-state index contributed by atoms with van der Waals surface area (Å²) in [6.45, 7) is 2.85. The van der Waals surface area contributed by atoms with Gasteiger partial charge in [-0.1, -0.05) is 0 Å². The molecule has 1 aromatic rings. The fraction of sp³-hybridized carbons (Fsp3) is 0.636. The Morgan fingerprint density at radius 1 is 1.50 bits per heavy atom. The molecule has 5 nitrogen and oxygen atoms in total. The average molecular weight is 222 g/mol. The number of hydrogen-bond acceptors (Lipinski definition) is 5. The zero-order valence-corrected chi connectivity index (χ0v) is 9.59. The Morgan fingerprint density at radius 2 is 2.38 bits per heavy atom. The van der Waals surface area contributed by atoms with Crippen LogP contribution in [0.3, 0.4) is 0 Å². The first-order valence-corrected chi connectivity index (χ1v) is 5.61. The fourth-order valence-corrected chi connectivity index (χ4v) is 2.14. The molecule has 1 aromatic heterocycles. The summed E-state index contributed by atoms with van der Waals surface area (Å²) in [6, 6.07) is 0. The van der Waals surface area contributed by atoms with E-state index in [2.05, 4.69) is 14.9 Å². The summed E-state index contributed by atoms with van der Waals surface area (Å²) in [6.07, 6.45) is 5.76. The van der Waals surface area contributed by atoms with Gasteiger partial charge in [0, 0.05) is 20.2 Å². The number of aromatic nitrogens is 2. The molecule has 2 rings (SSSR count). The number of anilines is 2. The molecule has 1 atom stereocenters. The van der Waals surface area contributed by atoms with Crippen LogP contribution in [-0.2, 0) is 4.74 Å². The maximum atomic E-state index is 5.52. The molecule has 0 saturated carbocycles. The fourth-order valence-electron chi connectivity index (χ4n) is 2.14. The van der Waals surface area contributed by atoms with Gasteiger partial charge in [-0.25, -0.2) is 9.97 Å². The van der Waals surface area contributed by atoms with Crippen LogP contribution in [0, 0.1) is 5.92 Å². The van der Waals surface area contributed by atoms with E-state index in [-0.39, 0.29) is 0 Å². The molecule has 0 aromatic carbocycles. The van der Waals surface area contributed by atoms with Crippen LogP contribution >= 0.6 is 0 Å². The second-order valence-corrected chi connectivity index (χ2v) is 4.21. The van der Waals surface area contributed by atoms with Crippen molar-refractivity contribution in [2.24, 2.45) is 5.92 Å². The molecule has 2 N–H and O–H groups in total. The first kappa shape index (κ1) is 11.1. The number of methoxy groups -OCH3 is 1. The molecule has 5 heteroatoms. The summed E-state index contributed by atoms with van der Waals surface area (Å²) in [5, 5.41) is 0. The summed E-state index contributed by atoms with van der Waals surface area (Å²) >= 11 is 0. The lowest BCUT2D eigenvalue weighted by molar-refractivity contribution is 0.143. The standard InChI is InChI=1S/C11H18N4O/c1-16-8-9-3-2-4-15(7-9)11-6-13-10(12)5-14-11/h5-6,9H,2-4,7-8H2,1H3,(H2,12,13). The minimum atomic E-state index is 0.467. The minimum absolute atomic E-state index is 0.467. The molecule has 0 spiro atoms. The van der Waals surface area contributed by atoms with Crippen molar-refractivity contribution >= 4 is 11.6 Å². The molecule has 0 aliphatic carbocycles. The van der Waals surface area contributed by atoms with E-state index < -0.39 is 0 Å². The third kappa shape index (κ3) is 2.61. The van der Waals surface area contributed by atoms with Gasteiger partial charge in [0.25, 0.3) is 0 Å². The Morgan fingerprint density at radius 3 is 3.06 bits per heavy atom. The molecule has 88 valence electrons. The monoisotopic (exact) mass is 222 g/mol. The van der Waals surface area contributed by atoms with Gasteiger partial charge in [-0.2, -0.15) is 0 Å². The maximum Gasteiger partial charge on any atom is 0.147 e. The van der Waals surface area contributed by atoms with Crippen LogP contribution in [0.1, 0.15) is 12.8 Å². The Labute approximate surface area is 95.6 Å². The van der Waals surface area contributed by atoms with Crippen LogP contribution in [0.5, 0.6) is 0 Å². The summed E-state index contributed by atoms with van der Waals surface area (Å²) in [5.41, 5.74) is 5.52. The largest absolute Gasteiger partial charge is 0.384 e. The molecule has 1 saturated heterocycles. The quantitative estimate of drug-likeness (QED) is 0.824. The first-order valence-electron chi connectivity index (χ1n) is 5.61. The minimum Gasteiger partial charge on any atom is -0.384 e. The number of nitrogens with two attached hydrogens (primary N) is 1. The lowest BCUT2D eigenvalue weighted by atomic mass is 9.99. The molecule has 0 bridgehead atoms. The van der Waals surface area contributed by atoms with E-state index >= 15 is 0 Å². The SMILES string of the molecule is COCC1CCCN(c2cnc(N)cn2)C1. The number of piperidine rings is 1. The molecule has 16 heavy (non-hydrogen) atoms. The van der Waals surface area contributed by atoms with Gasteiger partial charge < -0.3 is 15.4 Å². The highest BCUT2D eigenvalue weighted by atomic mass is 16.5. The van der Waals surface area contributed by atoms with Crippen molar-refractivity contribution in [2.45, 2.75) is 12.8 Å². The normalized spacial score (nSPS) is 21.1. The predicted molar refractivity (Wildman–Crippen MR) is 63.3 cm³/mol. The van der Waals surface area contributed by atoms with Crippen LogP contribution in [0.4, 0.5) is 11.6 Å². The third-order valence-electron chi connectivity index (χ3n) is 2.90. The summed E-state index contributed by atoms with van der Waals surface area (Å²) < 4.78 is 5.20. The smallest absolute Gasteiger partial charge is 0.147 e. The van der Waals surface area contributed by atoms with Crippen LogP contribution in [0.25, 0.3) is 0 Å². The highest BCUT2D eigenvalue weighted by Crippen LogP contribution is 2.21. The van der Waals surface area contributed by atoms with E-state index in [4.69, 9.17) is 10.5 Å². The van der Waals surface area contributed by atoms with Crippen molar-refractivity contribution in [2.75, 3.05) is 37.4 Å². The number of rotatable bonds is 3. The molecule has 1 fully saturated rings. The van der Waals surface area contributed by atoms with Gasteiger partial charge in [0.05, 0.1) is 19.0 Å². The zero-order valence-electron chi connectivity index (χ0n) is 9.59. The average Bonchev–Trinajstić information content (AvgIpc) is 2.31. The van der Waals surface area contributed by atoms with Gasteiger partial charge in [-0.3, -0.25) is 0 Å². The molecule has 1 aliphatic rings. The second-order valence-electron chi connectivity index (χ2n) is 4.21. The van der Waals surface area contributed by atoms with Gasteiger partial charge in [0.15, 0.2) is 0 Å². The predicted octanol–water partition coefficient (Wildman–Crippen LogP) is 0.922.